The quantitative estimate of drug-likeness (QED) is 0.770. The molecule has 0 saturated heterocycles. The Hall–Kier alpha value is -1.36. The second-order valence-corrected chi connectivity index (χ2v) is 6.08. The molecule has 1 rings (SSSR count). The van der Waals surface area contributed by atoms with Crippen molar-refractivity contribution >= 4 is 5.91 Å². The number of nitrogens with one attached hydrogen (secondary N) is 1. The fraction of sp³-hybridized carbons (Fsp3) is 0.750. The predicted octanol–water partition coefficient (Wildman–Crippen LogP) is 1.98. The van der Waals surface area contributed by atoms with E-state index in [1.807, 2.05) is 18.5 Å². The third kappa shape index (κ3) is 5.16. The molecule has 0 aromatic carbocycles. The van der Waals surface area contributed by atoms with Crippen molar-refractivity contribution in [1.29, 1.82) is 0 Å². The number of nitrogens with zero attached hydrogens (tertiary/aromatic N) is 2. The van der Waals surface area contributed by atoms with Crippen molar-refractivity contribution < 1.29 is 9.90 Å². The van der Waals surface area contributed by atoms with Gasteiger partial charge in [-0.05, 0) is 38.2 Å². The maximum Gasteiger partial charge on any atom is 0.220 e. The van der Waals surface area contributed by atoms with Crippen LogP contribution in [0.25, 0.3) is 0 Å². The van der Waals surface area contributed by atoms with Crippen molar-refractivity contribution in [2.75, 3.05) is 6.61 Å². The van der Waals surface area contributed by atoms with Crippen molar-refractivity contribution in [3.8, 4) is 0 Å². The van der Waals surface area contributed by atoms with Crippen LogP contribution in [0.4, 0.5) is 0 Å². The van der Waals surface area contributed by atoms with Crippen molar-refractivity contribution in [1.82, 2.24) is 15.1 Å². The van der Waals surface area contributed by atoms with Gasteiger partial charge in [0.15, 0.2) is 0 Å². The summed E-state index contributed by atoms with van der Waals surface area (Å²) in [5.74, 6) is 0.542. The molecule has 0 bridgehead atoms. The zero-order chi connectivity index (χ0) is 16.0. The number of aliphatic hydroxyl groups is 1. The van der Waals surface area contributed by atoms with Gasteiger partial charge in [0.1, 0.15) is 0 Å². The van der Waals surface area contributed by atoms with Gasteiger partial charge in [0.05, 0.1) is 18.3 Å². The van der Waals surface area contributed by atoms with Crippen LogP contribution < -0.4 is 5.32 Å². The van der Waals surface area contributed by atoms with E-state index < -0.39 is 0 Å². The van der Waals surface area contributed by atoms with Crippen LogP contribution >= 0.6 is 0 Å². The standard InChI is InChI=1S/C16H29N3O2/c1-6-14(10-20)17-16(21)8-7-15-12(4)18-19(13(15)5)9-11(2)3/h11,14,20H,6-10H2,1-5H3,(H,17,21). The zero-order valence-corrected chi connectivity index (χ0v) is 13.9. The fourth-order valence-electron chi connectivity index (χ4n) is 2.43. The van der Waals surface area contributed by atoms with Gasteiger partial charge in [-0.2, -0.15) is 5.10 Å². The Kier molecular flexibility index (Phi) is 6.89. The highest BCUT2D eigenvalue weighted by molar-refractivity contribution is 5.76. The highest BCUT2D eigenvalue weighted by Crippen LogP contribution is 2.16. The molecule has 0 aliphatic heterocycles. The van der Waals surface area contributed by atoms with Gasteiger partial charge in [-0.3, -0.25) is 9.48 Å². The van der Waals surface area contributed by atoms with Gasteiger partial charge < -0.3 is 10.4 Å². The van der Waals surface area contributed by atoms with Gasteiger partial charge in [-0.1, -0.05) is 20.8 Å². The molecule has 2 N–H and O–H groups in total. The lowest BCUT2D eigenvalue weighted by molar-refractivity contribution is -0.122. The minimum Gasteiger partial charge on any atom is -0.394 e. The van der Waals surface area contributed by atoms with E-state index in [2.05, 4.69) is 31.2 Å². The van der Waals surface area contributed by atoms with Crippen LogP contribution in [-0.4, -0.2) is 33.4 Å². The van der Waals surface area contributed by atoms with Crippen molar-refractivity contribution in [3.63, 3.8) is 0 Å². The van der Waals surface area contributed by atoms with Crippen LogP contribution in [0.3, 0.4) is 0 Å². The van der Waals surface area contributed by atoms with E-state index in [4.69, 9.17) is 5.11 Å². The molecule has 120 valence electrons. The lowest BCUT2D eigenvalue weighted by Gasteiger charge is -2.14. The first-order chi connectivity index (χ1) is 9.88. The number of aryl methyl sites for hydroxylation is 1. The first kappa shape index (κ1) is 17.7. The van der Waals surface area contributed by atoms with E-state index in [-0.39, 0.29) is 18.6 Å². The lowest BCUT2D eigenvalue weighted by atomic mass is 10.1. The van der Waals surface area contributed by atoms with Crippen LogP contribution in [0.2, 0.25) is 0 Å². The maximum atomic E-state index is 11.9. The summed E-state index contributed by atoms with van der Waals surface area (Å²) < 4.78 is 2.04. The molecule has 1 atom stereocenters. The molecular weight excluding hydrogens is 266 g/mol. The smallest absolute Gasteiger partial charge is 0.220 e. The molecule has 1 heterocycles. The number of rotatable bonds is 8. The minimum atomic E-state index is -0.136. The highest BCUT2D eigenvalue weighted by Gasteiger charge is 2.15. The Morgan fingerprint density at radius 1 is 1.38 bits per heavy atom. The zero-order valence-electron chi connectivity index (χ0n) is 13.9. The Balaban J connectivity index is 2.63. The minimum absolute atomic E-state index is 0.00732. The number of aliphatic hydroxyl groups excluding tert-OH is 1. The molecule has 0 fully saturated rings. The molecule has 0 aliphatic carbocycles. The van der Waals surface area contributed by atoms with E-state index in [0.717, 1.165) is 24.4 Å². The van der Waals surface area contributed by atoms with Crippen LogP contribution in [0.5, 0.6) is 0 Å². The summed E-state index contributed by atoms with van der Waals surface area (Å²) in [6.45, 7) is 11.3. The monoisotopic (exact) mass is 295 g/mol. The van der Waals surface area contributed by atoms with Crippen LogP contribution in [0.15, 0.2) is 0 Å². The van der Waals surface area contributed by atoms with Gasteiger partial charge >= 0.3 is 0 Å². The number of carbonyl (C=O) groups is 1. The molecule has 1 amide bonds. The third-order valence-electron chi connectivity index (χ3n) is 3.75. The number of amides is 1. The van der Waals surface area contributed by atoms with Crippen LogP contribution in [-0.2, 0) is 17.8 Å². The summed E-state index contributed by atoms with van der Waals surface area (Å²) in [6, 6.07) is -0.136. The molecular formula is C16H29N3O2. The van der Waals surface area contributed by atoms with Gasteiger partial charge in [-0.25, -0.2) is 0 Å². The SMILES string of the molecule is CCC(CO)NC(=O)CCc1c(C)nn(CC(C)C)c1C. The van der Waals surface area contributed by atoms with E-state index in [1.165, 1.54) is 5.56 Å². The molecule has 0 spiro atoms. The van der Waals surface area contributed by atoms with Gasteiger partial charge in [0, 0.05) is 18.7 Å². The lowest BCUT2D eigenvalue weighted by Crippen LogP contribution is -2.37. The van der Waals surface area contributed by atoms with Crippen molar-refractivity contribution in [2.45, 2.75) is 66.5 Å². The second-order valence-electron chi connectivity index (χ2n) is 6.08. The average molecular weight is 295 g/mol. The third-order valence-corrected chi connectivity index (χ3v) is 3.75. The fourth-order valence-corrected chi connectivity index (χ4v) is 2.43. The number of carbonyl (C=O) groups excluding carboxylic acids is 1. The predicted molar refractivity (Wildman–Crippen MR) is 84.2 cm³/mol. The van der Waals surface area contributed by atoms with Crippen molar-refractivity contribution in [2.24, 2.45) is 5.92 Å². The maximum absolute atomic E-state index is 11.9. The summed E-state index contributed by atoms with van der Waals surface area (Å²) in [5, 5.41) is 16.5. The Labute approximate surface area is 127 Å². The van der Waals surface area contributed by atoms with Gasteiger partial charge in [0.25, 0.3) is 0 Å². The number of hydrogen-bond acceptors (Lipinski definition) is 3. The van der Waals surface area contributed by atoms with Gasteiger partial charge in [0.2, 0.25) is 5.91 Å². The molecule has 0 radical (unpaired) electrons. The van der Waals surface area contributed by atoms with Crippen LogP contribution in [0, 0.1) is 19.8 Å². The summed E-state index contributed by atoms with van der Waals surface area (Å²) in [6.07, 6.45) is 1.88. The summed E-state index contributed by atoms with van der Waals surface area (Å²) in [4.78, 5) is 11.9. The second kappa shape index (κ2) is 8.17. The van der Waals surface area contributed by atoms with E-state index in [1.54, 1.807) is 0 Å². The topological polar surface area (TPSA) is 67.2 Å². The van der Waals surface area contributed by atoms with E-state index in [9.17, 15) is 4.79 Å². The molecule has 1 unspecified atom stereocenters. The van der Waals surface area contributed by atoms with E-state index >= 15 is 0 Å². The molecule has 1 aromatic heterocycles. The molecule has 0 saturated carbocycles. The Morgan fingerprint density at radius 3 is 2.57 bits per heavy atom. The summed E-state index contributed by atoms with van der Waals surface area (Å²) in [5.41, 5.74) is 3.33. The Morgan fingerprint density at radius 2 is 2.05 bits per heavy atom. The molecule has 21 heavy (non-hydrogen) atoms. The molecule has 0 aliphatic rings. The van der Waals surface area contributed by atoms with Gasteiger partial charge in [-0.15, -0.1) is 0 Å². The summed E-state index contributed by atoms with van der Waals surface area (Å²) in [7, 11) is 0. The number of hydrogen-bond donors (Lipinski definition) is 2. The average Bonchev–Trinajstić information content (AvgIpc) is 2.68. The van der Waals surface area contributed by atoms with E-state index in [0.29, 0.717) is 18.8 Å². The van der Waals surface area contributed by atoms with Crippen LogP contribution in [0.1, 0.15) is 50.6 Å². The first-order valence-electron chi connectivity index (χ1n) is 7.82. The van der Waals surface area contributed by atoms with Crippen molar-refractivity contribution in [3.05, 3.63) is 17.0 Å². The highest BCUT2D eigenvalue weighted by atomic mass is 16.3. The molecule has 5 nitrogen and oxygen atoms in total. The Bertz CT molecular complexity index is 462. The first-order valence-corrected chi connectivity index (χ1v) is 7.82. The molecule has 5 heteroatoms. The largest absolute Gasteiger partial charge is 0.394 e. The molecule has 1 aromatic rings. The normalized spacial score (nSPS) is 12.7. The number of aromatic nitrogens is 2. The summed E-state index contributed by atoms with van der Waals surface area (Å²) >= 11 is 0.